The van der Waals surface area contributed by atoms with Crippen LogP contribution in [0.2, 0.25) is 15.1 Å². The maximum Gasteiger partial charge on any atom is 0.227 e. The van der Waals surface area contributed by atoms with E-state index in [4.69, 9.17) is 39.8 Å². The fourth-order valence-corrected chi connectivity index (χ4v) is 5.32. The molecule has 2 N–H and O–H groups in total. The minimum absolute atomic E-state index is 0.0699. The van der Waals surface area contributed by atoms with E-state index >= 15 is 0 Å². The molecule has 0 bridgehead atoms. The molecule has 0 spiro atoms. The van der Waals surface area contributed by atoms with Gasteiger partial charge in [0.25, 0.3) is 0 Å². The van der Waals surface area contributed by atoms with Gasteiger partial charge in [0.1, 0.15) is 5.02 Å². The summed E-state index contributed by atoms with van der Waals surface area (Å²) in [5, 5.41) is 8.66. The minimum atomic E-state index is -0.0699. The zero-order valence-corrected chi connectivity index (χ0v) is 19.4. The number of rotatable bonds is 5. The predicted octanol–water partition coefficient (Wildman–Crippen LogP) is 5.83. The fraction of sp³-hybridized carbons (Fsp3) is 0.545. The van der Waals surface area contributed by atoms with Crippen LogP contribution in [-0.4, -0.2) is 36.1 Å². The summed E-state index contributed by atoms with van der Waals surface area (Å²) in [4.78, 5) is 11.5. The lowest BCUT2D eigenvalue weighted by atomic mass is 9.80. The van der Waals surface area contributed by atoms with E-state index in [1.807, 2.05) is 19.1 Å². The third-order valence-electron chi connectivity index (χ3n) is 6.34. The van der Waals surface area contributed by atoms with Gasteiger partial charge in [0.15, 0.2) is 5.82 Å². The highest BCUT2D eigenvalue weighted by atomic mass is 35.5. The second-order valence-electron chi connectivity index (χ2n) is 8.33. The van der Waals surface area contributed by atoms with Gasteiger partial charge in [0.2, 0.25) is 5.95 Å². The molecule has 0 amide bonds. The monoisotopic (exact) mass is 467 g/mol. The number of halogens is 3. The molecule has 8 heteroatoms. The molecule has 2 fully saturated rings. The molecule has 30 heavy (non-hydrogen) atoms. The van der Waals surface area contributed by atoms with Gasteiger partial charge in [-0.2, -0.15) is 4.98 Å². The van der Waals surface area contributed by atoms with Gasteiger partial charge in [0.05, 0.1) is 12.2 Å². The SMILES string of the molecule is CC(Nc1nc(N2CCC(C3CCCNC3)CC2)ncc1Cl)c1ccc(Cl)cc1Cl. The van der Waals surface area contributed by atoms with Gasteiger partial charge in [-0.3, -0.25) is 0 Å². The molecule has 2 aromatic rings. The van der Waals surface area contributed by atoms with Crippen molar-refractivity contribution in [3.05, 3.63) is 45.0 Å². The van der Waals surface area contributed by atoms with E-state index in [0.29, 0.717) is 20.9 Å². The quantitative estimate of drug-likeness (QED) is 0.578. The largest absolute Gasteiger partial charge is 0.362 e. The normalized spacial score (nSPS) is 21.5. The lowest BCUT2D eigenvalue weighted by Crippen LogP contribution is -2.41. The van der Waals surface area contributed by atoms with Crippen molar-refractivity contribution in [1.82, 2.24) is 15.3 Å². The molecule has 0 radical (unpaired) electrons. The molecule has 0 aliphatic carbocycles. The van der Waals surface area contributed by atoms with Gasteiger partial charge < -0.3 is 15.5 Å². The zero-order chi connectivity index (χ0) is 21.1. The summed E-state index contributed by atoms with van der Waals surface area (Å²) in [7, 11) is 0. The van der Waals surface area contributed by atoms with Crippen molar-refractivity contribution in [2.24, 2.45) is 11.8 Å². The van der Waals surface area contributed by atoms with Gasteiger partial charge in [-0.25, -0.2) is 4.98 Å². The van der Waals surface area contributed by atoms with Crippen LogP contribution in [0.15, 0.2) is 24.4 Å². The number of nitrogens with zero attached hydrogens (tertiary/aromatic N) is 3. The van der Waals surface area contributed by atoms with Crippen LogP contribution in [-0.2, 0) is 0 Å². The number of anilines is 2. The average molecular weight is 469 g/mol. The highest BCUT2D eigenvalue weighted by Gasteiger charge is 2.28. The Morgan fingerprint density at radius 1 is 1.10 bits per heavy atom. The lowest BCUT2D eigenvalue weighted by Gasteiger charge is -2.37. The van der Waals surface area contributed by atoms with Crippen molar-refractivity contribution in [3.63, 3.8) is 0 Å². The first-order valence-corrected chi connectivity index (χ1v) is 11.8. The number of piperidine rings is 2. The van der Waals surface area contributed by atoms with Gasteiger partial charge in [0, 0.05) is 23.1 Å². The second-order valence-corrected chi connectivity index (χ2v) is 9.58. The van der Waals surface area contributed by atoms with E-state index < -0.39 is 0 Å². The Hall–Kier alpha value is -1.27. The van der Waals surface area contributed by atoms with Crippen LogP contribution >= 0.6 is 34.8 Å². The topological polar surface area (TPSA) is 53.1 Å². The van der Waals surface area contributed by atoms with Crippen molar-refractivity contribution in [1.29, 1.82) is 0 Å². The lowest BCUT2D eigenvalue weighted by molar-refractivity contribution is 0.226. The van der Waals surface area contributed by atoms with Crippen LogP contribution in [0.4, 0.5) is 11.8 Å². The first kappa shape index (κ1) is 21.9. The minimum Gasteiger partial charge on any atom is -0.362 e. The van der Waals surface area contributed by atoms with Gasteiger partial charge in [-0.05, 0) is 75.2 Å². The summed E-state index contributed by atoms with van der Waals surface area (Å²) >= 11 is 18.8. The maximum absolute atomic E-state index is 6.39. The molecule has 2 atom stereocenters. The van der Waals surface area contributed by atoms with E-state index in [2.05, 4.69) is 20.5 Å². The van der Waals surface area contributed by atoms with E-state index in [1.54, 1.807) is 12.3 Å². The van der Waals surface area contributed by atoms with E-state index in [-0.39, 0.29) is 6.04 Å². The van der Waals surface area contributed by atoms with E-state index in [0.717, 1.165) is 36.4 Å². The molecule has 2 aliphatic heterocycles. The maximum atomic E-state index is 6.39. The fourth-order valence-electron chi connectivity index (χ4n) is 4.60. The molecule has 5 nitrogen and oxygen atoms in total. The average Bonchev–Trinajstić information content (AvgIpc) is 2.76. The molecule has 0 saturated carbocycles. The van der Waals surface area contributed by atoms with Crippen LogP contribution in [0.1, 0.15) is 44.2 Å². The molecule has 2 saturated heterocycles. The molecular formula is C22H28Cl3N5. The Bertz CT molecular complexity index is 864. The number of nitrogens with one attached hydrogen (secondary N) is 2. The Morgan fingerprint density at radius 2 is 1.90 bits per heavy atom. The van der Waals surface area contributed by atoms with Gasteiger partial charge in [-0.15, -0.1) is 0 Å². The third-order valence-corrected chi connectivity index (χ3v) is 7.18. The Balaban J connectivity index is 1.42. The molecule has 1 aromatic heterocycles. The summed E-state index contributed by atoms with van der Waals surface area (Å²) in [5.41, 5.74) is 0.944. The van der Waals surface area contributed by atoms with Crippen molar-refractivity contribution in [2.45, 2.75) is 38.6 Å². The smallest absolute Gasteiger partial charge is 0.227 e. The zero-order valence-electron chi connectivity index (χ0n) is 17.2. The number of hydrogen-bond acceptors (Lipinski definition) is 5. The van der Waals surface area contributed by atoms with Crippen LogP contribution in [0.5, 0.6) is 0 Å². The molecular weight excluding hydrogens is 441 g/mol. The van der Waals surface area contributed by atoms with E-state index in [1.165, 1.54) is 38.8 Å². The predicted molar refractivity (Wildman–Crippen MR) is 126 cm³/mol. The Kier molecular flexibility index (Phi) is 7.24. The Morgan fingerprint density at radius 3 is 2.60 bits per heavy atom. The highest BCUT2D eigenvalue weighted by molar-refractivity contribution is 6.35. The highest BCUT2D eigenvalue weighted by Crippen LogP contribution is 2.33. The molecule has 1 aromatic carbocycles. The number of hydrogen-bond donors (Lipinski definition) is 2. The molecule has 2 unspecified atom stereocenters. The number of aromatic nitrogens is 2. The van der Waals surface area contributed by atoms with Crippen LogP contribution in [0.3, 0.4) is 0 Å². The first-order valence-electron chi connectivity index (χ1n) is 10.7. The van der Waals surface area contributed by atoms with Crippen LogP contribution in [0.25, 0.3) is 0 Å². The summed E-state index contributed by atoms with van der Waals surface area (Å²) in [5.74, 6) is 2.97. The Labute approximate surface area is 193 Å². The van der Waals surface area contributed by atoms with Gasteiger partial charge >= 0.3 is 0 Å². The summed E-state index contributed by atoms with van der Waals surface area (Å²) < 4.78 is 0. The standard InChI is InChI=1S/C22H28Cl3N5/c1-14(18-5-4-17(23)11-19(18)24)28-21-20(25)13-27-22(29-21)30-9-6-15(7-10-30)16-3-2-8-26-12-16/h4-5,11,13-16,26H,2-3,6-10,12H2,1H3,(H,27,28,29). The summed E-state index contributed by atoms with van der Waals surface area (Å²) in [6, 6.07) is 5.43. The molecule has 4 rings (SSSR count). The first-order chi connectivity index (χ1) is 14.5. The molecule has 3 heterocycles. The summed E-state index contributed by atoms with van der Waals surface area (Å²) in [6.45, 7) is 6.34. The molecule has 2 aliphatic rings. The molecule has 162 valence electrons. The van der Waals surface area contributed by atoms with E-state index in [9.17, 15) is 0 Å². The van der Waals surface area contributed by atoms with Crippen molar-refractivity contribution in [2.75, 3.05) is 36.4 Å². The van der Waals surface area contributed by atoms with Gasteiger partial charge in [-0.1, -0.05) is 40.9 Å². The second kappa shape index (κ2) is 9.90. The van der Waals surface area contributed by atoms with Crippen molar-refractivity contribution >= 4 is 46.6 Å². The summed E-state index contributed by atoms with van der Waals surface area (Å²) in [6.07, 6.45) is 6.72. The number of benzene rings is 1. The van der Waals surface area contributed by atoms with Crippen molar-refractivity contribution in [3.8, 4) is 0 Å². The third kappa shape index (κ3) is 5.13. The van der Waals surface area contributed by atoms with Crippen LogP contribution in [0, 0.1) is 11.8 Å². The van der Waals surface area contributed by atoms with Crippen molar-refractivity contribution < 1.29 is 0 Å². The van der Waals surface area contributed by atoms with Crippen LogP contribution < -0.4 is 15.5 Å².